The van der Waals surface area contributed by atoms with Crippen LogP contribution in [0.25, 0.3) is 0 Å². The number of hydrogen-bond acceptors (Lipinski definition) is 5. The molecule has 0 bridgehead atoms. The molecule has 21 heavy (non-hydrogen) atoms. The number of nitrogens with zero attached hydrogens (tertiary/aromatic N) is 1. The molecule has 1 saturated heterocycles. The number of ether oxygens (including phenoxy) is 2. The molecule has 0 aromatic carbocycles. The molecule has 0 aliphatic carbocycles. The summed E-state index contributed by atoms with van der Waals surface area (Å²) in [4.78, 5) is 15.2. The van der Waals surface area contributed by atoms with Crippen molar-refractivity contribution in [3.05, 3.63) is 21.9 Å². The van der Waals surface area contributed by atoms with Crippen LogP contribution in [0.4, 0.5) is 0 Å². The lowest BCUT2D eigenvalue weighted by Gasteiger charge is -2.43. The molecule has 0 saturated carbocycles. The van der Waals surface area contributed by atoms with Gasteiger partial charge in [-0.1, -0.05) is 0 Å². The number of likely N-dealkylation sites (tertiary alicyclic amines) is 1. The molecule has 0 unspecified atom stereocenters. The highest BCUT2D eigenvalue weighted by Gasteiger charge is 2.41. The predicted molar refractivity (Wildman–Crippen MR) is 82.6 cm³/mol. The van der Waals surface area contributed by atoms with E-state index in [2.05, 4.69) is 16.3 Å². The Morgan fingerprint density at radius 1 is 1.48 bits per heavy atom. The van der Waals surface area contributed by atoms with Crippen LogP contribution in [0.2, 0.25) is 0 Å². The number of fused-ring (bicyclic) bond motifs is 2. The fraction of sp³-hybridized carbons (Fsp3) is 0.688. The first-order valence-electron chi connectivity index (χ1n) is 7.82. The summed E-state index contributed by atoms with van der Waals surface area (Å²) in [6, 6.07) is 2.25. The summed E-state index contributed by atoms with van der Waals surface area (Å²) in [7, 11) is 0. The summed E-state index contributed by atoms with van der Waals surface area (Å²) >= 11 is 1.84. The van der Waals surface area contributed by atoms with Gasteiger partial charge in [-0.2, -0.15) is 0 Å². The summed E-state index contributed by atoms with van der Waals surface area (Å²) in [5.74, 6) is -0.0905. The Kier molecular flexibility index (Phi) is 4.62. The van der Waals surface area contributed by atoms with Gasteiger partial charge < -0.3 is 14.4 Å². The first-order valence-corrected chi connectivity index (χ1v) is 8.70. The quantitative estimate of drug-likeness (QED) is 0.801. The van der Waals surface area contributed by atoms with Crippen molar-refractivity contribution in [3.63, 3.8) is 0 Å². The second-order valence-corrected chi connectivity index (χ2v) is 6.68. The minimum absolute atomic E-state index is 0.0534. The smallest absolute Gasteiger partial charge is 0.307 e. The Labute approximate surface area is 130 Å². The molecular formula is C16H23NO3S. The molecule has 3 rings (SSSR count). The molecule has 1 spiro atoms. The molecule has 0 atom stereocenters. The first kappa shape index (κ1) is 15.0. The van der Waals surface area contributed by atoms with E-state index in [1.165, 1.54) is 10.4 Å². The molecule has 2 aliphatic rings. The van der Waals surface area contributed by atoms with E-state index < -0.39 is 0 Å². The summed E-state index contributed by atoms with van der Waals surface area (Å²) in [6.07, 6.45) is 3.60. The molecule has 3 heterocycles. The van der Waals surface area contributed by atoms with Gasteiger partial charge in [0.05, 0.1) is 19.6 Å². The zero-order chi connectivity index (χ0) is 14.7. The number of esters is 1. The lowest BCUT2D eigenvalue weighted by Crippen LogP contribution is -2.46. The van der Waals surface area contributed by atoms with Crippen molar-refractivity contribution in [2.75, 3.05) is 32.8 Å². The Balaban J connectivity index is 1.55. The average Bonchev–Trinajstić information content (AvgIpc) is 2.97. The molecule has 0 amide bonds. The van der Waals surface area contributed by atoms with Gasteiger partial charge in [0.25, 0.3) is 0 Å². The molecule has 0 radical (unpaired) electrons. The third-order valence-electron chi connectivity index (χ3n) is 4.51. The Morgan fingerprint density at radius 2 is 2.29 bits per heavy atom. The molecular weight excluding hydrogens is 286 g/mol. The topological polar surface area (TPSA) is 38.8 Å². The molecule has 0 N–H and O–H groups in total. The van der Waals surface area contributed by atoms with Crippen molar-refractivity contribution < 1.29 is 14.3 Å². The van der Waals surface area contributed by atoms with E-state index in [1.807, 2.05) is 18.3 Å². The van der Waals surface area contributed by atoms with Crippen molar-refractivity contribution in [2.45, 2.75) is 38.2 Å². The summed E-state index contributed by atoms with van der Waals surface area (Å²) in [6.45, 7) is 5.95. The van der Waals surface area contributed by atoms with E-state index in [0.717, 1.165) is 45.5 Å². The van der Waals surface area contributed by atoms with E-state index in [0.29, 0.717) is 13.0 Å². The summed E-state index contributed by atoms with van der Waals surface area (Å²) < 4.78 is 11.2. The fourth-order valence-electron chi connectivity index (χ4n) is 3.35. The van der Waals surface area contributed by atoms with Gasteiger partial charge in [-0.25, -0.2) is 0 Å². The van der Waals surface area contributed by atoms with Crippen LogP contribution >= 0.6 is 11.3 Å². The second-order valence-electron chi connectivity index (χ2n) is 5.76. The van der Waals surface area contributed by atoms with Gasteiger partial charge in [0.2, 0.25) is 0 Å². The van der Waals surface area contributed by atoms with Gasteiger partial charge in [-0.15, -0.1) is 11.3 Å². The van der Waals surface area contributed by atoms with Crippen molar-refractivity contribution in [1.82, 2.24) is 4.90 Å². The van der Waals surface area contributed by atoms with Crippen molar-refractivity contribution >= 4 is 17.3 Å². The number of piperidine rings is 1. The van der Waals surface area contributed by atoms with Crippen LogP contribution < -0.4 is 0 Å². The van der Waals surface area contributed by atoms with Gasteiger partial charge >= 0.3 is 5.97 Å². The Hall–Kier alpha value is -0.910. The van der Waals surface area contributed by atoms with Crippen LogP contribution in [0, 0.1) is 0 Å². The van der Waals surface area contributed by atoms with Crippen LogP contribution in [-0.2, 0) is 26.3 Å². The second kappa shape index (κ2) is 6.46. The SMILES string of the molecule is CCOC(=O)CCN1CCC2(CC1)OCCc1ccsc12. The number of carbonyl (C=O) groups is 1. The summed E-state index contributed by atoms with van der Waals surface area (Å²) in [5, 5.41) is 2.19. The normalized spacial score (nSPS) is 21.2. The monoisotopic (exact) mass is 309 g/mol. The molecule has 4 nitrogen and oxygen atoms in total. The molecule has 116 valence electrons. The first-order chi connectivity index (χ1) is 10.2. The van der Waals surface area contributed by atoms with Gasteiger partial charge in [0, 0.05) is 24.5 Å². The lowest BCUT2D eigenvalue weighted by atomic mass is 9.85. The van der Waals surface area contributed by atoms with E-state index in [9.17, 15) is 4.79 Å². The van der Waals surface area contributed by atoms with Crippen molar-refractivity contribution in [1.29, 1.82) is 0 Å². The van der Waals surface area contributed by atoms with E-state index >= 15 is 0 Å². The fourth-order valence-corrected chi connectivity index (χ4v) is 4.51. The number of hydrogen-bond donors (Lipinski definition) is 0. The van der Waals surface area contributed by atoms with Crippen LogP contribution in [0.3, 0.4) is 0 Å². The van der Waals surface area contributed by atoms with Crippen LogP contribution in [0.1, 0.15) is 36.6 Å². The van der Waals surface area contributed by atoms with Crippen LogP contribution in [0.15, 0.2) is 11.4 Å². The summed E-state index contributed by atoms with van der Waals surface area (Å²) in [5.41, 5.74) is 1.42. The molecule has 1 aromatic rings. The maximum absolute atomic E-state index is 11.4. The van der Waals surface area contributed by atoms with Crippen LogP contribution in [0.5, 0.6) is 0 Å². The Morgan fingerprint density at radius 3 is 3.05 bits per heavy atom. The minimum Gasteiger partial charge on any atom is -0.466 e. The Bertz CT molecular complexity index is 491. The third kappa shape index (κ3) is 3.15. The highest BCUT2D eigenvalue weighted by Crippen LogP contribution is 2.44. The zero-order valence-electron chi connectivity index (χ0n) is 12.6. The maximum Gasteiger partial charge on any atom is 0.307 e. The molecule has 1 fully saturated rings. The lowest BCUT2D eigenvalue weighted by molar-refractivity contribution is -0.143. The zero-order valence-corrected chi connectivity index (χ0v) is 13.4. The van der Waals surface area contributed by atoms with E-state index in [-0.39, 0.29) is 11.6 Å². The van der Waals surface area contributed by atoms with E-state index in [1.54, 1.807) is 0 Å². The average molecular weight is 309 g/mol. The van der Waals surface area contributed by atoms with Crippen LogP contribution in [-0.4, -0.2) is 43.7 Å². The number of thiophene rings is 1. The van der Waals surface area contributed by atoms with Crippen molar-refractivity contribution in [3.8, 4) is 0 Å². The third-order valence-corrected chi connectivity index (χ3v) is 5.65. The predicted octanol–water partition coefficient (Wildman–Crippen LogP) is 2.57. The highest BCUT2D eigenvalue weighted by molar-refractivity contribution is 7.10. The van der Waals surface area contributed by atoms with Gasteiger partial charge in [0.1, 0.15) is 5.60 Å². The molecule has 1 aromatic heterocycles. The maximum atomic E-state index is 11.4. The van der Waals surface area contributed by atoms with Gasteiger partial charge in [0.15, 0.2) is 0 Å². The van der Waals surface area contributed by atoms with Crippen molar-refractivity contribution in [2.24, 2.45) is 0 Å². The largest absolute Gasteiger partial charge is 0.466 e. The van der Waals surface area contributed by atoms with E-state index in [4.69, 9.17) is 9.47 Å². The number of carbonyl (C=O) groups excluding carboxylic acids is 1. The highest BCUT2D eigenvalue weighted by atomic mass is 32.1. The van der Waals surface area contributed by atoms with Gasteiger partial charge in [-0.3, -0.25) is 4.79 Å². The minimum atomic E-state index is -0.0905. The van der Waals surface area contributed by atoms with Gasteiger partial charge in [-0.05, 0) is 43.2 Å². The molecule has 2 aliphatic heterocycles. The standard InChI is InChI=1S/C16H23NO3S/c1-2-19-14(18)3-8-17-9-6-16(7-10-17)15-13(4-11-20-16)5-12-21-15/h5,12H,2-4,6-11H2,1H3. The molecule has 5 heteroatoms. The number of rotatable bonds is 4.